The van der Waals surface area contributed by atoms with Gasteiger partial charge in [-0.1, -0.05) is 19.9 Å². The maximum absolute atomic E-state index is 3.83. The molecular formula is C6H14N+. The number of hydrogen-bond acceptors (Lipinski definition) is 0. The summed E-state index contributed by atoms with van der Waals surface area (Å²) in [6.45, 7) is 5.77. The molecule has 0 spiro atoms. The highest BCUT2D eigenvalue weighted by Crippen LogP contribution is 1.89. The minimum Gasteiger partial charge on any atom is -0.352 e. The van der Waals surface area contributed by atoms with Crippen molar-refractivity contribution in [2.24, 2.45) is 0 Å². The molecule has 1 nitrogen and oxygen atoms in total. The molecular weight excluding hydrogens is 86.1 g/mol. The molecule has 0 heterocycles. The van der Waals surface area contributed by atoms with Crippen molar-refractivity contribution in [1.29, 1.82) is 0 Å². The van der Waals surface area contributed by atoms with Crippen LogP contribution in [0.1, 0.15) is 19.8 Å². The predicted octanol–water partition coefficient (Wildman–Crippen LogP) is 0.583. The fourth-order valence-electron chi connectivity index (χ4n) is 0.489. The van der Waals surface area contributed by atoms with Crippen LogP contribution in [0.15, 0.2) is 12.7 Å². The molecule has 0 aromatic heterocycles. The molecule has 0 saturated carbocycles. The van der Waals surface area contributed by atoms with Gasteiger partial charge < -0.3 is 5.73 Å². The molecule has 42 valence electrons. The van der Waals surface area contributed by atoms with Gasteiger partial charge in [0, 0.05) is 6.42 Å². The molecule has 0 fully saturated rings. The summed E-state index contributed by atoms with van der Waals surface area (Å²) in [7, 11) is 0. The van der Waals surface area contributed by atoms with E-state index in [4.69, 9.17) is 0 Å². The second-order valence-corrected chi connectivity index (χ2v) is 1.78. The van der Waals surface area contributed by atoms with Crippen molar-refractivity contribution in [2.75, 3.05) is 0 Å². The van der Waals surface area contributed by atoms with E-state index in [9.17, 15) is 0 Å². The predicted molar refractivity (Wildman–Crippen MR) is 31.8 cm³/mol. The van der Waals surface area contributed by atoms with Crippen molar-refractivity contribution in [3.63, 3.8) is 0 Å². The monoisotopic (exact) mass is 100 g/mol. The first-order valence-corrected chi connectivity index (χ1v) is 2.77. The van der Waals surface area contributed by atoms with E-state index in [1.54, 1.807) is 0 Å². The van der Waals surface area contributed by atoms with Crippen molar-refractivity contribution < 1.29 is 5.73 Å². The first-order valence-electron chi connectivity index (χ1n) is 2.77. The van der Waals surface area contributed by atoms with Gasteiger partial charge in [0.25, 0.3) is 0 Å². The highest BCUT2D eigenvalue weighted by molar-refractivity contribution is 4.75. The van der Waals surface area contributed by atoms with Gasteiger partial charge in [-0.3, -0.25) is 0 Å². The molecule has 3 N–H and O–H groups in total. The molecule has 1 unspecified atom stereocenters. The van der Waals surface area contributed by atoms with Crippen molar-refractivity contribution >= 4 is 0 Å². The van der Waals surface area contributed by atoms with Crippen molar-refractivity contribution in [3.05, 3.63) is 12.7 Å². The Kier molecular flexibility index (Phi) is 3.71. The van der Waals surface area contributed by atoms with E-state index in [1.807, 2.05) is 6.08 Å². The Bertz CT molecular complexity index is 50.1. The molecule has 7 heavy (non-hydrogen) atoms. The Morgan fingerprint density at radius 1 is 1.86 bits per heavy atom. The van der Waals surface area contributed by atoms with Gasteiger partial charge in [0.05, 0.1) is 0 Å². The normalized spacial score (nSPS) is 13.4. The quantitative estimate of drug-likeness (QED) is 0.502. The summed E-state index contributed by atoms with van der Waals surface area (Å²) < 4.78 is 0. The van der Waals surface area contributed by atoms with Gasteiger partial charge in [-0.25, -0.2) is 0 Å². The molecule has 0 aromatic carbocycles. The van der Waals surface area contributed by atoms with Crippen molar-refractivity contribution in [3.8, 4) is 0 Å². The van der Waals surface area contributed by atoms with E-state index in [2.05, 4.69) is 19.2 Å². The first-order chi connectivity index (χ1) is 3.31. The molecule has 0 aliphatic heterocycles. The lowest BCUT2D eigenvalue weighted by Crippen LogP contribution is -2.59. The molecule has 0 aromatic rings. The molecule has 0 aliphatic carbocycles. The number of hydrogen-bond donors (Lipinski definition) is 1. The lowest BCUT2D eigenvalue weighted by atomic mass is 10.2. The van der Waals surface area contributed by atoms with Crippen LogP contribution in [-0.4, -0.2) is 6.04 Å². The summed E-state index contributed by atoms with van der Waals surface area (Å²) in [6.07, 6.45) is 4.27. The van der Waals surface area contributed by atoms with E-state index in [1.165, 1.54) is 12.8 Å². The zero-order chi connectivity index (χ0) is 5.70. The topological polar surface area (TPSA) is 27.6 Å². The first kappa shape index (κ1) is 6.70. The number of quaternary nitrogens is 1. The van der Waals surface area contributed by atoms with Crippen LogP contribution < -0.4 is 5.73 Å². The highest BCUT2D eigenvalue weighted by atomic mass is 14.6. The van der Waals surface area contributed by atoms with Gasteiger partial charge in [0.1, 0.15) is 6.04 Å². The Balaban J connectivity index is 2.98. The molecule has 0 bridgehead atoms. The van der Waals surface area contributed by atoms with Crippen molar-refractivity contribution in [2.45, 2.75) is 25.8 Å². The maximum Gasteiger partial charge on any atom is 0.103 e. The van der Waals surface area contributed by atoms with Gasteiger partial charge >= 0.3 is 0 Å². The average Bonchev–Trinajstić information content (AvgIpc) is 1.68. The van der Waals surface area contributed by atoms with Crippen LogP contribution in [0.2, 0.25) is 0 Å². The summed E-state index contributed by atoms with van der Waals surface area (Å²) in [5.74, 6) is 0. The number of rotatable bonds is 3. The van der Waals surface area contributed by atoms with Crippen LogP contribution in [0.25, 0.3) is 0 Å². The van der Waals surface area contributed by atoms with Crippen LogP contribution >= 0.6 is 0 Å². The highest BCUT2D eigenvalue weighted by Gasteiger charge is 1.93. The van der Waals surface area contributed by atoms with Gasteiger partial charge in [-0.2, -0.15) is 0 Å². The third-order valence-electron chi connectivity index (χ3n) is 0.993. The van der Waals surface area contributed by atoms with Crippen molar-refractivity contribution in [1.82, 2.24) is 0 Å². The Morgan fingerprint density at radius 2 is 2.43 bits per heavy atom. The van der Waals surface area contributed by atoms with Crippen LogP contribution in [0.3, 0.4) is 0 Å². The van der Waals surface area contributed by atoms with E-state index < -0.39 is 0 Å². The van der Waals surface area contributed by atoms with Gasteiger partial charge in [-0.15, -0.1) is 0 Å². The van der Waals surface area contributed by atoms with Crippen LogP contribution in [0.4, 0.5) is 0 Å². The van der Waals surface area contributed by atoms with E-state index in [0.717, 1.165) is 0 Å². The molecule has 0 radical (unpaired) electrons. The maximum atomic E-state index is 3.83. The Labute approximate surface area is 45.2 Å². The molecule has 0 amide bonds. The minimum atomic E-state index is 0.463. The molecule has 0 saturated heterocycles. The second kappa shape index (κ2) is 3.88. The molecule has 0 aliphatic rings. The van der Waals surface area contributed by atoms with E-state index >= 15 is 0 Å². The summed E-state index contributed by atoms with van der Waals surface area (Å²) in [6, 6.07) is 0.463. The fraction of sp³-hybridized carbons (Fsp3) is 0.667. The van der Waals surface area contributed by atoms with E-state index in [-0.39, 0.29) is 0 Å². The summed E-state index contributed by atoms with van der Waals surface area (Å²) in [4.78, 5) is 0. The van der Waals surface area contributed by atoms with Gasteiger partial charge in [0.15, 0.2) is 0 Å². The smallest absolute Gasteiger partial charge is 0.103 e. The lowest BCUT2D eigenvalue weighted by molar-refractivity contribution is -0.404. The van der Waals surface area contributed by atoms with Gasteiger partial charge in [0.2, 0.25) is 0 Å². The third kappa shape index (κ3) is 3.53. The minimum absolute atomic E-state index is 0.463. The molecule has 1 atom stereocenters. The standard InChI is InChI=1S/C6H13N/c1-3-5-6(7)4-2/h4,6H,2-3,5,7H2,1H3/p+1. The average molecular weight is 100 g/mol. The zero-order valence-electron chi connectivity index (χ0n) is 4.98. The Hall–Kier alpha value is -0.300. The fourth-order valence-corrected chi connectivity index (χ4v) is 0.489. The molecule has 1 heteroatoms. The molecule has 0 rings (SSSR count). The van der Waals surface area contributed by atoms with Crippen LogP contribution in [0, 0.1) is 0 Å². The summed E-state index contributed by atoms with van der Waals surface area (Å²) in [5.41, 5.74) is 3.83. The largest absolute Gasteiger partial charge is 0.352 e. The summed E-state index contributed by atoms with van der Waals surface area (Å²) >= 11 is 0. The zero-order valence-corrected chi connectivity index (χ0v) is 4.98. The van der Waals surface area contributed by atoms with E-state index in [0.29, 0.717) is 6.04 Å². The lowest BCUT2D eigenvalue weighted by Gasteiger charge is -1.95. The SMILES string of the molecule is C=CC([NH3+])CCC. The second-order valence-electron chi connectivity index (χ2n) is 1.78. The van der Waals surface area contributed by atoms with Gasteiger partial charge in [-0.05, 0) is 6.08 Å². The third-order valence-corrected chi connectivity index (χ3v) is 0.993. The van der Waals surface area contributed by atoms with Crippen LogP contribution in [-0.2, 0) is 0 Å². The summed E-state index contributed by atoms with van der Waals surface area (Å²) in [5, 5.41) is 0. The Morgan fingerprint density at radius 3 is 2.57 bits per heavy atom. The van der Waals surface area contributed by atoms with Crippen LogP contribution in [0.5, 0.6) is 0 Å².